The Balaban J connectivity index is 1.64. The van der Waals surface area contributed by atoms with Gasteiger partial charge in [-0.25, -0.2) is 14.8 Å². The van der Waals surface area contributed by atoms with Gasteiger partial charge in [-0.1, -0.05) is 23.2 Å². The molecule has 2 aliphatic heterocycles. The summed E-state index contributed by atoms with van der Waals surface area (Å²) in [7, 11) is 1.37. The molecule has 1 aromatic carbocycles. The van der Waals surface area contributed by atoms with Crippen molar-refractivity contribution >= 4 is 51.8 Å². The molecule has 8 nitrogen and oxygen atoms in total. The molecule has 172 valence electrons. The van der Waals surface area contributed by atoms with Gasteiger partial charge in [-0.3, -0.25) is 4.98 Å². The Morgan fingerprint density at radius 1 is 1.09 bits per heavy atom. The van der Waals surface area contributed by atoms with Crippen molar-refractivity contribution in [1.82, 2.24) is 15.0 Å². The first-order chi connectivity index (χ1) is 16.0. The predicted octanol–water partition coefficient (Wildman–Crippen LogP) is 4.30. The minimum atomic E-state index is -0.411. The highest BCUT2D eigenvalue weighted by Crippen LogP contribution is 2.39. The second-order valence-electron chi connectivity index (χ2n) is 8.07. The second kappa shape index (κ2) is 9.29. The van der Waals surface area contributed by atoms with Crippen LogP contribution in [0.25, 0.3) is 11.0 Å². The molecule has 3 aromatic rings. The molecular weight excluding hydrogens is 465 g/mol. The third-order valence-electron chi connectivity index (χ3n) is 6.07. The Morgan fingerprint density at radius 3 is 2.67 bits per heavy atom. The highest BCUT2D eigenvalue weighted by molar-refractivity contribution is 6.34. The zero-order chi connectivity index (χ0) is 22.9. The summed E-state index contributed by atoms with van der Waals surface area (Å²) in [5.74, 6) is 1.08. The number of benzene rings is 1. The van der Waals surface area contributed by atoms with Crippen LogP contribution in [0.15, 0.2) is 30.5 Å². The zero-order valence-corrected chi connectivity index (χ0v) is 19.6. The van der Waals surface area contributed by atoms with E-state index >= 15 is 0 Å². The van der Waals surface area contributed by atoms with Crippen molar-refractivity contribution < 1.29 is 14.3 Å². The van der Waals surface area contributed by atoms with Crippen LogP contribution in [0.3, 0.4) is 0 Å². The molecule has 0 N–H and O–H groups in total. The van der Waals surface area contributed by atoms with Gasteiger partial charge in [-0.2, -0.15) is 0 Å². The lowest BCUT2D eigenvalue weighted by atomic mass is 9.99. The van der Waals surface area contributed by atoms with E-state index in [9.17, 15) is 4.79 Å². The number of fused-ring (bicyclic) bond motifs is 1. The van der Waals surface area contributed by atoms with E-state index in [1.165, 1.54) is 7.11 Å². The lowest BCUT2D eigenvalue weighted by Crippen LogP contribution is -2.36. The first-order valence-corrected chi connectivity index (χ1v) is 11.6. The second-order valence-corrected chi connectivity index (χ2v) is 8.89. The predicted molar refractivity (Wildman–Crippen MR) is 127 cm³/mol. The van der Waals surface area contributed by atoms with Gasteiger partial charge in [-0.05, 0) is 37.1 Å². The molecule has 2 fully saturated rings. The van der Waals surface area contributed by atoms with E-state index in [0.29, 0.717) is 40.3 Å². The number of ether oxygens (including phenoxy) is 2. The van der Waals surface area contributed by atoms with Gasteiger partial charge in [0.15, 0.2) is 0 Å². The van der Waals surface area contributed by atoms with Gasteiger partial charge in [0.25, 0.3) is 0 Å². The molecule has 0 aliphatic carbocycles. The number of rotatable bonds is 4. The van der Waals surface area contributed by atoms with Crippen LogP contribution >= 0.6 is 23.2 Å². The Labute approximate surface area is 201 Å². The van der Waals surface area contributed by atoms with Gasteiger partial charge in [0.2, 0.25) is 0 Å². The molecule has 2 aliphatic rings. The van der Waals surface area contributed by atoms with Crippen LogP contribution in [-0.4, -0.2) is 60.9 Å². The number of pyridine rings is 1. The van der Waals surface area contributed by atoms with Crippen LogP contribution in [0, 0.1) is 0 Å². The van der Waals surface area contributed by atoms with Gasteiger partial charge in [0, 0.05) is 30.2 Å². The number of nitrogens with zero attached hydrogens (tertiary/aromatic N) is 5. The average molecular weight is 488 g/mol. The number of carbonyl (C=O) groups excluding carboxylic acids is 1. The van der Waals surface area contributed by atoms with Crippen LogP contribution < -0.4 is 9.80 Å². The number of aromatic nitrogens is 3. The Hall–Kier alpha value is -2.68. The highest BCUT2D eigenvalue weighted by Gasteiger charge is 2.31. The maximum atomic E-state index is 12.4. The van der Waals surface area contributed by atoms with Crippen molar-refractivity contribution in [3.8, 4) is 0 Å². The molecule has 10 heteroatoms. The average Bonchev–Trinajstić information content (AvgIpc) is 3.32. The number of hydrogen-bond acceptors (Lipinski definition) is 8. The van der Waals surface area contributed by atoms with Crippen LogP contribution in [0.2, 0.25) is 10.2 Å². The van der Waals surface area contributed by atoms with Crippen LogP contribution in [-0.2, 0) is 9.47 Å². The first-order valence-electron chi connectivity index (χ1n) is 10.8. The fourth-order valence-electron chi connectivity index (χ4n) is 4.53. The number of anilines is 2. The zero-order valence-electron chi connectivity index (χ0n) is 18.1. The summed E-state index contributed by atoms with van der Waals surface area (Å²) in [4.78, 5) is 30.9. The standard InChI is InChI=1S/C23H23Cl2N5O3/c1-32-23(31)14-9-16(18-3-2-4-30(18)20-12-15(24)11-19(25)27-20)22-17(10-14)26-13-21(28-22)29-5-7-33-8-6-29/h9-13,18H,2-8H2,1H3. The quantitative estimate of drug-likeness (QED) is 0.398. The lowest BCUT2D eigenvalue weighted by Gasteiger charge is -2.29. The molecule has 1 unspecified atom stereocenters. The van der Waals surface area contributed by atoms with E-state index in [-0.39, 0.29) is 6.04 Å². The molecular formula is C23H23Cl2N5O3. The Kier molecular flexibility index (Phi) is 6.23. The molecule has 0 bridgehead atoms. The van der Waals surface area contributed by atoms with Crippen LogP contribution in [0.1, 0.15) is 34.8 Å². The highest BCUT2D eigenvalue weighted by atomic mass is 35.5. The first kappa shape index (κ1) is 22.1. The van der Waals surface area contributed by atoms with E-state index in [1.807, 2.05) is 12.1 Å². The van der Waals surface area contributed by atoms with E-state index in [2.05, 4.69) is 19.8 Å². The normalized spacial score (nSPS) is 18.7. The number of morpholine rings is 1. The van der Waals surface area contributed by atoms with Crippen molar-refractivity contribution in [2.75, 3.05) is 49.8 Å². The van der Waals surface area contributed by atoms with Crippen molar-refractivity contribution in [1.29, 1.82) is 0 Å². The van der Waals surface area contributed by atoms with Crippen molar-refractivity contribution in [3.05, 3.63) is 51.8 Å². The number of esters is 1. The van der Waals surface area contributed by atoms with Gasteiger partial charge in [0.05, 0.1) is 49.2 Å². The summed E-state index contributed by atoms with van der Waals surface area (Å²) in [6.07, 6.45) is 3.58. The topological polar surface area (TPSA) is 80.7 Å². The summed E-state index contributed by atoms with van der Waals surface area (Å²) >= 11 is 12.4. The molecule has 0 amide bonds. The minimum absolute atomic E-state index is 0.0617. The van der Waals surface area contributed by atoms with Crippen LogP contribution in [0.4, 0.5) is 11.6 Å². The van der Waals surface area contributed by atoms with Gasteiger partial charge < -0.3 is 19.3 Å². The summed E-state index contributed by atoms with van der Waals surface area (Å²) in [5, 5.41) is 0.865. The SMILES string of the molecule is COC(=O)c1cc(C2CCCN2c2cc(Cl)cc(Cl)n2)c2nc(N3CCOCC3)cnc2c1. The molecule has 4 heterocycles. The molecule has 2 aromatic heterocycles. The molecule has 0 radical (unpaired) electrons. The van der Waals surface area contributed by atoms with Crippen molar-refractivity contribution in [2.45, 2.75) is 18.9 Å². The maximum absolute atomic E-state index is 12.4. The summed E-state index contributed by atoms with van der Waals surface area (Å²) in [6, 6.07) is 6.96. The fourth-order valence-corrected chi connectivity index (χ4v) is 4.99. The third-order valence-corrected chi connectivity index (χ3v) is 6.48. The summed E-state index contributed by atoms with van der Waals surface area (Å²) in [5.41, 5.74) is 2.76. The van der Waals surface area contributed by atoms with Crippen molar-refractivity contribution in [3.63, 3.8) is 0 Å². The number of carbonyl (C=O) groups is 1. The molecule has 0 saturated carbocycles. The number of hydrogen-bond donors (Lipinski definition) is 0. The lowest BCUT2D eigenvalue weighted by molar-refractivity contribution is 0.0600. The molecule has 2 saturated heterocycles. The van der Waals surface area contributed by atoms with E-state index < -0.39 is 5.97 Å². The van der Waals surface area contributed by atoms with Crippen molar-refractivity contribution in [2.24, 2.45) is 0 Å². The van der Waals surface area contributed by atoms with E-state index in [4.69, 9.17) is 37.7 Å². The van der Waals surface area contributed by atoms with E-state index in [1.54, 1.807) is 18.3 Å². The number of methoxy groups -OCH3 is 1. The third kappa shape index (κ3) is 4.43. The van der Waals surface area contributed by atoms with Gasteiger partial charge in [-0.15, -0.1) is 0 Å². The Bertz CT molecular complexity index is 1180. The maximum Gasteiger partial charge on any atom is 0.337 e. The smallest absolute Gasteiger partial charge is 0.337 e. The molecule has 0 spiro atoms. The summed E-state index contributed by atoms with van der Waals surface area (Å²) < 4.78 is 10.5. The minimum Gasteiger partial charge on any atom is -0.465 e. The van der Waals surface area contributed by atoms with Gasteiger partial charge >= 0.3 is 5.97 Å². The fraction of sp³-hybridized carbons (Fsp3) is 0.391. The monoisotopic (exact) mass is 487 g/mol. The number of halogens is 2. The Morgan fingerprint density at radius 2 is 1.91 bits per heavy atom. The molecule has 33 heavy (non-hydrogen) atoms. The largest absolute Gasteiger partial charge is 0.465 e. The van der Waals surface area contributed by atoms with Crippen LogP contribution in [0.5, 0.6) is 0 Å². The summed E-state index contributed by atoms with van der Waals surface area (Å²) in [6.45, 7) is 3.62. The molecule has 1 atom stereocenters. The molecule has 5 rings (SSSR count). The van der Waals surface area contributed by atoms with Gasteiger partial charge in [0.1, 0.15) is 16.8 Å². The van der Waals surface area contributed by atoms with E-state index in [0.717, 1.165) is 49.4 Å².